The second-order valence-electron chi connectivity index (χ2n) is 5.07. The summed E-state index contributed by atoms with van der Waals surface area (Å²) >= 11 is 0. The van der Waals surface area contributed by atoms with Gasteiger partial charge in [-0.15, -0.1) is 0 Å². The van der Waals surface area contributed by atoms with Crippen molar-refractivity contribution in [2.45, 2.75) is 38.3 Å². The molecule has 1 amide bonds. The van der Waals surface area contributed by atoms with Crippen LogP contribution in [0.5, 0.6) is 0 Å². The third-order valence-electron chi connectivity index (χ3n) is 3.61. The van der Waals surface area contributed by atoms with Crippen molar-refractivity contribution in [1.82, 2.24) is 5.32 Å². The van der Waals surface area contributed by atoms with Crippen molar-refractivity contribution in [3.8, 4) is 0 Å². The molecule has 1 aromatic rings. The van der Waals surface area contributed by atoms with Crippen molar-refractivity contribution in [3.05, 3.63) is 35.4 Å². The molecule has 0 aliphatic heterocycles. The molecule has 3 N–H and O–H groups in total. The quantitative estimate of drug-likeness (QED) is 0.882. The van der Waals surface area contributed by atoms with Crippen LogP contribution in [0, 0.1) is 17.6 Å². The van der Waals surface area contributed by atoms with Gasteiger partial charge in [0.1, 0.15) is 11.6 Å². The van der Waals surface area contributed by atoms with Gasteiger partial charge in [0.05, 0.1) is 0 Å². The van der Waals surface area contributed by atoms with E-state index in [1.54, 1.807) is 0 Å². The number of carbonyl (C=O) groups excluding carboxylic acids is 1. The molecule has 1 aromatic carbocycles. The first-order valence-corrected chi connectivity index (χ1v) is 6.53. The molecule has 2 rings (SSSR count). The van der Waals surface area contributed by atoms with Crippen LogP contribution in [-0.2, 0) is 11.3 Å². The predicted octanol–water partition coefficient (Wildman–Crippen LogP) is 2.10. The highest BCUT2D eigenvalue weighted by Gasteiger charge is 2.24. The largest absolute Gasteiger partial charge is 0.352 e. The number of benzene rings is 1. The van der Waals surface area contributed by atoms with E-state index < -0.39 is 11.6 Å². The highest BCUT2D eigenvalue weighted by atomic mass is 19.1. The third kappa shape index (κ3) is 3.73. The molecule has 0 radical (unpaired) electrons. The topological polar surface area (TPSA) is 55.1 Å². The summed E-state index contributed by atoms with van der Waals surface area (Å²) in [6.45, 7) is 0.0908. The highest BCUT2D eigenvalue weighted by molar-refractivity contribution is 5.78. The van der Waals surface area contributed by atoms with Crippen LogP contribution >= 0.6 is 0 Å². The molecule has 0 spiro atoms. The standard InChI is InChI=1S/C14H18F2N2O/c15-11-4-1-10(13(16)7-11)8-18-14(19)9-2-5-12(17)6-3-9/h1,4,7,9,12H,2-3,5-6,8,17H2,(H,18,19). The lowest BCUT2D eigenvalue weighted by atomic mass is 9.86. The summed E-state index contributed by atoms with van der Waals surface area (Å²) in [5, 5.41) is 2.70. The van der Waals surface area contributed by atoms with Crippen molar-refractivity contribution < 1.29 is 13.6 Å². The van der Waals surface area contributed by atoms with Gasteiger partial charge in [0.2, 0.25) is 5.91 Å². The minimum Gasteiger partial charge on any atom is -0.352 e. The van der Waals surface area contributed by atoms with Crippen LogP contribution in [0.1, 0.15) is 31.2 Å². The van der Waals surface area contributed by atoms with E-state index in [1.807, 2.05) is 0 Å². The molecule has 19 heavy (non-hydrogen) atoms. The summed E-state index contributed by atoms with van der Waals surface area (Å²) in [5.41, 5.74) is 6.07. The second kappa shape index (κ2) is 6.10. The summed E-state index contributed by atoms with van der Waals surface area (Å²) in [5.74, 6) is -1.36. The molecule has 0 heterocycles. The van der Waals surface area contributed by atoms with E-state index in [9.17, 15) is 13.6 Å². The zero-order valence-corrected chi connectivity index (χ0v) is 10.7. The fourth-order valence-electron chi connectivity index (χ4n) is 2.37. The number of hydrogen-bond donors (Lipinski definition) is 2. The van der Waals surface area contributed by atoms with Crippen LogP contribution in [0.2, 0.25) is 0 Å². The summed E-state index contributed by atoms with van der Waals surface area (Å²) < 4.78 is 26.1. The van der Waals surface area contributed by atoms with Crippen LogP contribution in [0.15, 0.2) is 18.2 Å². The molecular weight excluding hydrogens is 250 g/mol. The smallest absolute Gasteiger partial charge is 0.223 e. The first-order valence-electron chi connectivity index (χ1n) is 6.53. The Kier molecular flexibility index (Phi) is 4.47. The lowest BCUT2D eigenvalue weighted by Crippen LogP contribution is -2.36. The van der Waals surface area contributed by atoms with Gasteiger partial charge in [-0.05, 0) is 31.7 Å². The molecule has 1 fully saturated rings. The lowest BCUT2D eigenvalue weighted by Gasteiger charge is -2.25. The Labute approximate surface area is 111 Å². The van der Waals surface area contributed by atoms with Crippen LogP contribution < -0.4 is 11.1 Å². The summed E-state index contributed by atoms with van der Waals surface area (Å²) in [6.07, 6.45) is 3.25. The van der Waals surface area contributed by atoms with Gasteiger partial charge in [-0.2, -0.15) is 0 Å². The SMILES string of the molecule is NC1CCC(C(=O)NCc2ccc(F)cc2F)CC1. The number of carbonyl (C=O) groups is 1. The molecule has 3 nitrogen and oxygen atoms in total. The fourth-order valence-corrected chi connectivity index (χ4v) is 2.37. The maximum Gasteiger partial charge on any atom is 0.223 e. The van der Waals surface area contributed by atoms with Crippen LogP contribution in [-0.4, -0.2) is 11.9 Å². The van der Waals surface area contributed by atoms with E-state index in [0.717, 1.165) is 31.7 Å². The third-order valence-corrected chi connectivity index (χ3v) is 3.61. The zero-order chi connectivity index (χ0) is 13.8. The predicted molar refractivity (Wildman–Crippen MR) is 68.1 cm³/mol. The van der Waals surface area contributed by atoms with Crippen molar-refractivity contribution in [2.24, 2.45) is 11.7 Å². The first-order chi connectivity index (χ1) is 9.06. The van der Waals surface area contributed by atoms with Gasteiger partial charge in [0.25, 0.3) is 0 Å². The van der Waals surface area contributed by atoms with E-state index in [-0.39, 0.29) is 24.4 Å². The molecule has 0 atom stereocenters. The molecule has 0 bridgehead atoms. The minimum atomic E-state index is -0.633. The van der Waals surface area contributed by atoms with Crippen molar-refractivity contribution in [1.29, 1.82) is 0 Å². The normalized spacial score (nSPS) is 23.1. The van der Waals surface area contributed by atoms with Crippen molar-refractivity contribution in [2.75, 3.05) is 0 Å². The van der Waals surface area contributed by atoms with Crippen LogP contribution in [0.3, 0.4) is 0 Å². The Morgan fingerprint density at radius 3 is 2.58 bits per heavy atom. The summed E-state index contributed by atoms with van der Waals surface area (Å²) in [7, 11) is 0. The molecule has 1 aliphatic rings. The minimum absolute atomic E-state index is 0.0386. The number of nitrogens with one attached hydrogen (secondary N) is 1. The van der Waals surface area contributed by atoms with Gasteiger partial charge in [0.15, 0.2) is 0 Å². The van der Waals surface area contributed by atoms with Crippen molar-refractivity contribution in [3.63, 3.8) is 0 Å². The van der Waals surface area contributed by atoms with Gasteiger partial charge in [-0.3, -0.25) is 4.79 Å². The maximum atomic E-state index is 13.4. The van der Waals surface area contributed by atoms with E-state index in [1.165, 1.54) is 12.1 Å². The molecule has 0 saturated heterocycles. The number of hydrogen-bond acceptors (Lipinski definition) is 2. The lowest BCUT2D eigenvalue weighted by molar-refractivity contribution is -0.126. The van der Waals surface area contributed by atoms with Crippen LogP contribution in [0.4, 0.5) is 8.78 Å². The maximum absolute atomic E-state index is 13.4. The van der Waals surface area contributed by atoms with Gasteiger partial charge in [-0.25, -0.2) is 8.78 Å². The molecule has 104 valence electrons. The fraction of sp³-hybridized carbons (Fsp3) is 0.500. The Bertz CT molecular complexity index is 457. The molecular formula is C14H18F2N2O. The zero-order valence-electron chi connectivity index (χ0n) is 10.7. The summed E-state index contributed by atoms with van der Waals surface area (Å²) in [6, 6.07) is 3.55. The number of nitrogens with two attached hydrogens (primary N) is 1. The Morgan fingerprint density at radius 1 is 1.26 bits per heavy atom. The monoisotopic (exact) mass is 268 g/mol. The van der Waals surface area contributed by atoms with Crippen LogP contribution in [0.25, 0.3) is 0 Å². The van der Waals surface area contributed by atoms with Gasteiger partial charge < -0.3 is 11.1 Å². The average Bonchev–Trinajstić information content (AvgIpc) is 2.38. The molecule has 1 aliphatic carbocycles. The number of amides is 1. The average molecular weight is 268 g/mol. The van der Waals surface area contributed by atoms with Gasteiger partial charge >= 0.3 is 0 Å². The Balaban J connectivity index is 1.86. The van der Waals surface area contributed by atoms with Gasteiger partial charge in [0, 0.05) is 30.1 Å². The molecule has 1 saturated carbocycles. The van der Waals surface area contributed by atoms with Crippen molar-refractivity contribution >= 4 is 5.91 Å². The van der Waals surface area contributed by atoms with Gasteiger partial charge in [-0.1, -0.05) is 6.07 Å². The van der Waals surface area contributed by atoms with E-state index in [2.05, 4.69) is 5.32 Å². The van der Waals surface area contributed by atoms with E-state index in [4.69, 9.17) is 5.73 Å². The number of halogens is 2. The Hall–Kier alpha value is -1.49. The molecule has 5 heteroatoms. The molecule has 0 aromatic heterocycles. The second-order valence-corrected chi connectivity index (χ2v) is 5.07. The first kappa shape index (κ1) is 13.9. The number of rotatable bonds is 3. The van der Waals surface area contributed by atoms with E-state index in [0.29, 0.717) is 5.56 Å². The summed E-state index contributed by atoms with van der Waals surface area (Å²) in [4.78, 5) is 11.9. The van der Waals surface area contributed by atoms with E-state index >= 15 is 0 Å². The molecule has 0 unspecified atom stereocenters. The Morgan fingerprint density at radius 2 is 1.95 bits per heavy atom. The highest BCUT2D eigenvalue weighted by Crippen LogP contribution is 2.23.